The van der Waals surface area contributed by atoms with Crippen LogP contribution in [0.3, 0.4) is 0 Å². The van der Waals surface area contributed by atoms with Crippen LogP contribution < -0.4 is 0 Å². The van der Waals surface area contributed by atoms with Gasteiger partial charge in [-0.1, -0.05) is 23.2 Å². The highest BCUT2D eigenvalue weighted by Gasteiger charge is 2.13. The number of carbonyl (C=O) groups is 1. The Kier molecular flexibility index (Phi) is 7.19. The van der Waals surface area contributed by atoms with E-state index in [2.05, 4.69) is 0 Å². The molecule has 0 radical (unpaired) electrons. The average Bonchev–Trinajstić information content (AvgIpc) is 2.17. The molecule has 0 heterocycles. The van der Waals surface area contributed by atoms with Gasteiger partial charge < -0.3 is 4.74 Å². The van der Waals surface area contributed by atoms with Crippen LogP contribution in [0.5, 0.6) is 0 Å². The molecule has 0 saturated heterocycles. The predicted octanol–water partition coefficient (Wildman–Crippen LogP) is 4.00. The molecule has 3 nitrogen and oxygen atoms in total. The highest BCUT2D eigenvalue weighted by Crippen LogP contribution is 2.22. The third-order valence-corrected chi connectivity index (χ3v) is 2.42. The van der Waals surface area contributed by atoms with Gasteiger partial charge in [0.15, 0.2) is 11.7 Å². The number of rotatable bonds is 4. The van der Waals surface area contributed by atoms with E-state index in [-0.39, 0.29) is 30.5 Å². The van der Waals surface area contributed by atoms with Crippen molar-refractivity contribution in [3.05, 3.63) is 33.8 Å². The first-order chi connectivity index (χ1) is 7.54. The minimum atomic E-state index is -0.250. The summed E-state index contributed by atoms with van der Waals surface area (Å²) < 4.78 is 4.89. The number of Topliss-reactive ketones (excluding diaryl/α,β-unsaturated/α-hetero) is 1. The van der Waals surface area contributed by atoms with Crippen LogP contribution >= 0.6 is 35.6 Å². The number of carbonyl (C=O) groups excluding carboxylic acids is 1. The summed E-state index contributed by atoms with van der Waals surface area (Å²) in [5, 5.41) is 8.14. The van der Waals surface area contributed by atoms with Crippen LogP contribution in [-0.2, 0) is 4.74 Å². The molecule has 0 aromatic heterocycles. The molecule has 1 aromatic carbocycles. The van der Waals surface area contributed by atoms with Gasteiger partial charge in [0.05, 0.1) is 18.1 Å². The van der Waals surface area contributed by atoms with Crippen LogP contribution in [0.15, 0.2) is 18.2 Å². The van der Waals surface area contributed by atoms with Crippen molar-refractivity contribution in [3.8, 4) is 0 Å². The number of nitrogens with one attached hydrogen (secondary N) is 1. The van der Waals surface area contributed by atoms with E-state index in [1.165, 1.54) is 6.07 Å². The van der Waals surface area contributed by atoms with Gasteiger partial charge in [-0.3, -0.25) is 10.2 Å². The maximum atomic E-state index is 11.7. The number of ketones is 1. The zero-order valence-corrected chi connectivity index (χ0v) is 11.5. The lowest BCUT2D eigenvalue weighted by Gasteiger charge is -2.05. The Labute approximate surface area is 116 Å². The van der Waals surface area contributed by atoms with E-state index in [4.69, 9.17) is 33.3 Å². The fourth-order valence-electron chi connectivity index (χ4n) is 1.18. The van der Waals surface area contributed by atoms with Gasteiger partial charge in [-0.2, -0.15) is 0 Å². The van der Waals surface area contributed by atoms with E-state index in [9.17, 15) is 4.79 Å². The van der Waals surface area contributed by atoms with Crippen LogP contribution in [0.2, 0.25) is 10.0 Å². The zero-order chi connectivity index (χ0) is 12.1. The Morgan fingerprint density at radius 2 is 2.06 bits per heavy atom. The fraction of sp³-hybridized carbons (Fsp3) is 0.273. The zero-order valence-electron chi connectivity index (χ0n) is 9.13. The number of halogens is 3. The molecule has 0 unspecified atom stereocenters. The average molecular weight is 297 g/mol. The molecule has 1 N–H and O–H groups in total. The Bertz CT molecular complexity index is 421. The largest absolute Gasteiger partial charge is 0.481 e. The first-order valence-electron chi connectivity index (χ1n) is 4.73. The van der Waals surface area contributed by atoms with E-state index in [1.54, 1.807) is 19.1 Å². The number of hydrogen-bond donors (Lipinski definition) is 1. The molecule has 0 fully saturated rings. The summed E-state index contributed by atoms with van der Waals surface area (Å²) in [6.07, 6.45) is -0.0881. The minimum Gasteiger partial charge on any atom is -0.481 e. The molecule has 0 atom stereocenters. The molecule has 17 heavy (non-hydrogen) atoms. The molecule has 1 aromatic rings. The van der Waals surface area contributed by atoms with Crippen LogP contribution in [-0.4, -0.2) is 18.3 Å². The standard InChI is InChI=1S/C11H11Cl2NO2.ClH/c1-2-16-11(14)6-10(15)8-4-3-7(12)5-9(8)13;/h3-5,14H,2,6H2,1H3;1H. The lowest BCUT2D eigenvalue weighted by molar-refractivity contribution is 0.0993. The molecule has 0 amide bonds. The van der Waals surface area contributed by atoms with Crippen LogP contribution in [0.1, 0.15) is 23.7 Å². The van der Waals surface area contributed by atoms with Gasteiger partial charge in [0, 0.05) is 10.6 Å². The summed E-state index contributed by atoms with van der Waals surface area (Å²) in [5.74, 6) is -0.307. The van der Waals surface area contributed by atoms with Crippen molar-refractivity contribution in [2.75, 3.05) is 6.61 Å². The topological polar surface area (TPSA) is 50.1 Å². The number of ether oxygens (including phenoxy) is 1. The summed E-state index contributed by atoms with van der Waals surface area (Å²) in [6.45, 7) is 2.13. The lowest BCUT2D eigenvalue weighted by atomic mass is 10.1. The van der Waals surface area contributed by atoms with Crippen molar-refractivity contribution >= 4 is 47.3 Å². The van der Waals surface area contributed by atoms with Gasteiger partial charge in [-0.15, -0.1) is 12.4 Å². The van der Waals surface area contributed by atoms with Gasteiger partial charge in [0.1, 0.15) is 0 Å². The van der Waals surface area contributed by atoms with Crippen LogP contribution in [0, 0.1) is 5.41 Å². The van der Waals surface area contributed by atoms with Crippen molar-refractivity contribution in [3.63, 3.8) is 0 Å². The molecule has 0 spiro atoms. The Hall–Kier alpha value is -0.770. The molecule has 0 aliphatic carbocycles. The smallest absolute Gasteiger partial charge is 0.188 e. The van der Waals surface area contributed by atoms with Crippen LogP contribution in [0.25, 0.3) is 0 Å². The van der Waals surface area contributed by atoms with Crippen molar-refractivity contribution in [1.29, 1.82) is 5.41 Å². The van der Waals surface area contributed by atoms with E-state index in [1.807, 2.05) is 0 Å². The van der Waals surface area contributed by atoms with Gasteiger partial charge in [-0.25, -0.2) is 0 Å². The van der Waals surface area contributed by atoms with Gasteiger partial charge >= 0.3 is 0 Å². The predicted molar refractivity (Wildman–Crippen MR) is 72.0 cm³/mol. The number of hydrogen-bond acceptors (Lipinski definition) is 3. The quantitative estimate of drug-likeness (QED) is 0.518. The molecule has 1 rings (SSSR count). The second-order valence-electron chi connectivity index (χ2n) is 3.08. The van der Waals surface area contributed by atoms with E-state index < -0.39 is 0 Å². The summed E-state index contributed by atoms with van der Waals surface area (Å²) in [6, 6.07) is 4.64. The lowest BCUT2D eigenvalue weighted by Crippen LogP contribution is -2.11. The van der Waals surface area contributed by atoms with Gasteiger partial charge in [-0.05, 0) is 25.1 Å². The van der Waals surface area contributed by atoms with Gasteiger partial charge in [0.2, 0.25) is 0 Å². The Balaban J connectivity index is 0.00000256. The van der Waals surface area contributed by atoms with Crippen molar-refractivity contribution < 1.29 is 9.53 Å². The van der Waals surface area contributed by atoms with Gasteiger partial charge in [0.25, 0.3) is 0 Å². The molecule has 0 saturated carbocycles. The van der Waals surface area contributed by atoms with Crippen molar-refractivity contribution in [2.45, 2.75) is 13.3 Å². The second-order valence-corrected chi connectivity index (χ2v) is 3.92. The first-order valence-corrected chi connectivity index (χ1v) is 5.48. The van der Waals surface area contributed by atoms with E-state index >= 15 is 0 Å². The fourth-order valence-corrected chi connectivity index (χ4v) is 1.70. The second kappa shape index (κ2) is 7.54. The molecule has 0 aliphatic heterocycles. The molecule has 6 heteroatoms. The summed E-state index contributed by atoms with van der Waals surface area (Å²) in [5.41, 5.74) is 0.357. The van der Waals surface area contributed by atoms with Crippen LogP contribution in [0.4, 0.5) is 0 Å². The normalized spacial score (nSPS) is 9.35. The minimum absolute atomic E-state index is 0. The first kappa shape index (κ1) is 16.2. The molecule has 94 valence electrons. The summed E-state index contributed by atoms with van der Waals surface area (Å²) in [7, 11) is 0. The SMILES string of the molecule is CCOC(=N)CC(=O)c1ccc(Cl)cc1Cl.Cl. The van der Waals surface area contributed by atoms with E-state index in [0.29, 0.717) is 22.2 Å². The summed E-state index contributed by atoms with van der Waals surface area (Å²) >= 11 is 11.6. The molecular weight excluding hydrogens is 284 g/mol. The highest BCUT2D eigenvalue weighted by molar-refractivity contribution is 6.37. The highest BCUT2D eigenvalue weighted by atomic mass is 35.5. The van der Waals surface area contributed by atoms with E-state index in [0.717, 1.165) is 0 Å². The maximum absolute atomic E-state index is 11.7. The molecule has 0 bridgehead atoms. The summed E-state index contributed by atoms with van der Waals surface area (Å²) in [4.78, 5) is 11.7. The Morgan fingerprint density at radius 1 is 1.41 bits per heavy atom. The monoisotopic (exact) mass is 295 g/mol. The third kappa shape index (κ3) is 4.94. The van der Waals surface area contributed by atoms with Crippen molar-refractivity contribution in [1.82, 2.24) is 0 Å². The number of benzene rings is 1. The maximum Gasteiger partial charge on any atom is 0.188 e. The molecule has 0 aliphatic rings. The third-order valence-electron chi connectivity index (χ3n) is 1.87. The van der Waals surface area contributed by atoms with Crippen molar-refractivity contribution in [2.24, 2.45) is 0 Å². The Morgan fingerprint density at radius 3 is 2.59 bits per heavy atom. The molecular formula is C11H12Cl3NO2.